The van der Waals surface area contributed by atoms with Gasteiger partial charge in [-0.3, -0.25) is 4.79 Å². The van der Waals surface area contributed by atoms with E-state index in [1.165, 1.54) is 18.3 Å². The van der Waals surface area contributed by atoms with Crippen molar-refractivity contribution in [1.29, 1.82) is 0 Å². The van der Waals surface area contributed by atoms with Gasteiger partial charge in [0.05, 0.1) is 5.56 Å². The van der Waals surface area contributed by atoms with Crippen LogP contribution in [0, 0.1) is 0 Å². The number of halogens is 1. The van der Waals surface area contributed by atoms with Gasteiger partial charge in [0.25, 0.3) is 5.91 Å². The van der Waals surface area contributed by atoms with E-state index in [4.69, 9.17) is 23.1 Å². The molecule has 0 aliphatic rings. The van der Waals surface area contributed by atoms with Crippen LogP contribution in [0.15, 0.2) is 30.5 Å². The number of carbonyl (C=O) groups is 1. The fraction of sp³-hybridized carbons (Fsp3) is 0. The summed E-state index contributed by atoms with van der Waals surface area (Å²) in [6, 6.07) is 6.18. The average molecular weight is 264 g/mol. The van der Waals surface area contributed by atoms with E-state index in [2.05, 4.69) is 15.3 Å². The van der Waals surface area contributed by atoms with Gasteiger partial charge in [0.1, 0.15) is 5.82 Å². The van der Waals surface area contributed by atoms with Crippen molar-refractivity contribution in [2.24, 2.45) is 0 Å². The van der Waals surface area contributed by atoms with Crippen LogP contribution in [0.4, 0.5) is 17.2 Å². The summed E-state index contributed by atoms with van der Waals surface area (Å²) in [6.45, 7) is 0. The second-order valence-corrected chi connectivity index (χ2v) is 3.85. The van der Waals surface area contributed by atoms with Crippen LogP contribution in [0.3, 0.4) is 0 Å². The molecule has 0 radical (unpaired) electrons. The maximum atomic E-state index is 11.9. The lowest BCUT2D eigenvalue weighted by Crippen LogP contribution is -2.15. The van der Waals surface area contributed by atoms with Gasteiger partial charge in [-0.2, -0.15) is 0 Å². The molecule has 0 bridgehead atoms. The van der Waals surface area contributed by atoms with E-state index in [1.54, 1.807) is 12.1 Å². The number of rotatable bonds is 2. The highest BCUT2D eigenvalue weighted by Gasteiger charge is 2.10. The molecule has 18 heavy (non-hydrogen) atoms. The molecule has 1 heterocycles. The second kappa shape index (κ2) is 4.89. The van der Waals surface area contributed by atoms with E-state index >= 15 is 0 Å². The zero-order chi connectivity index (χ0) is 13.1. The van der Waals surface area contributed by atoms with Gasteiger partial charge in [-0.25, -0.2) is 9.97 Å². The summed E-state index contributed by atoms with van der Waals surface area (Å²) in [5, 5.41) is 2.62. The molecule has 0 spiro atoms. The van der Waals surface area contributed by atoms with Crippen LogP contribution in [0.25, 0.3) is 0 Å². The first kappa shape index (κ1) is 12.1. The Kier molecular flexibility index (Phi) is 3.29. The molecule has 2 aromatic rings. The monoisotopic (exact) mass is 263 g/mol. The first-order chi connectivity index (χ1) is 8.56. The number of hydrogen-bond donors (Lipinski definition) is 3. The highest BCUT2D eigenvalue weighted by atomic mass is 35.5. The Labute approximate surface area is 108 Å². The summed E-state index contributed by atoms with van der Waals surface area (Å²) in [5.74, 6) is -0.0847. The lowest BCUT2D eigenvalue weighted by Gasteiger charge is -2.07. The lowest BCUT2D eigenvalue weighted by atomic mass is 10.1. The first-order valence-corrected chi connectivity index (χ1v) is 5.39. The highest BCUT2D eigenvalue weighted by molar-refractivity contribution is 6.28. The molecule has 1 aromatic carbocycles. The van der Waals surface area contributed by atoms with Gasteiger partial charge in [0.15, 0.2) is 0 Å². The fourth-order valence-corrected chi connectivity index (χ4v) is 1.52. The van der Waals surface area contributed by atoms with Crippen LogP contribution < -0.4 is 16.8 Å². The van der Waals surface area contributed by atoms with Gasteiger partial charge in [0.2, 0.25) is 5.28 Å². The molecule has 92 valence electrons. The molecule has 0 aliphatic heterocycles. The minimum absolute atomic E-state index is 0.0538. The minimum Gasteiger partial charge on any atom is -0.399 e. The lowest BCUT2D eigenvalue weighted by molar-refractivity contribution is 0.102. The van der Waals surface area contributed by atoms with Crippen LogP contribution in [0.1, 0.15) is 10.4 Å². The maximum absolute atomic E-state index is 11.9. The number of nitrogens with one attached hydrogen (secondary N) is 1. The smallest absolute Gasteiger partial charge is 0.258 e. The van der Waals surface area contributed by atoms with Crippen molar-refractivity contribution in [1.82, 2.24) is 9.97 Å². The molecule has 0 saturated heterocycles. The van der Waals surface area contributed by atoms with Gasteiger partial charge in [-0.05, 0) is 35.9 Å². The van der Waals surface area contributed by atoms with E-state index in [0.29, 0.717) is 22.8 Å². The van der Waals surface area contributed by atoms with E-state index < -0.39 is 0 Å². The van der Waals surface area contributed by atoms with Crippen LogP contribution in [-0.4, -0.2) is 15.9 Å². The van der Waals surface area contributed by atoms with Crippen molar-refractivity contribution in [3.63, 3.8) is 0 Å². The number of anilines is 3. The third-order valence-electron chi connectivity index (χ3n) is 2.19. The topological polar surface area (TPSA) is 107 Å². The molecule has 0 aliphatic carbocycles. The zero-order valence-electron chi connectivity index (χ0n) is 9.22. The molecule has 1 aromatic heterocycles. The number of carbonyl (C=O) groups excluding carboxylic acids is 1. The summed E-state index contributed by atoms with van der Waals surface area (Å²) in [4.78, 5) is 19.5. The van der Waals surface area contributed by atoms with Crippen molar-refractivity contribution in [2.75, 3.05) is 16.8 Å². The summed E-state index contributed by atoms with van der Waals surface area (Å²) in [7, 11) is 0. The quantitative estimate of drug-likeness (QED) is 0.563. The molecule has 0 unspecified atom stereocenters. The Morgan fingerprint density at radius 1 is 1.28 bits per heavy atom. The molecule has 0 fully saturated rings. The number of nitrogens with zero attached hydrogens (tertiary/aromatic N) is 2. The summed E-state index contributed by atoms with van der Waals surface area (Å²) in [6.07, 6.45) is 1.44. The molecule has 0 atom stereocenters. The third-order valence-corrected chi connectivity index (χ3v) is 2.37. The second-order valence-electron chi connectivity index (χ2n) is 3.51. The predicted molar refractivity (Wildman–Crippen MR) is 70.3 cm³/mol. The molecule has 6 nitrogen and oxygen atoms in total. The average Bonchev–Trinajstić information content (AvgIpc) is 2.28. The van der Waals surface area contributed by atoms with Crippen LogP contribution in [0.2, 0.25) is 5.28 Å². The molecule has 2 rings (SSSR count). The third kappa shape index (κ3) is 2.67. The first-order valence-electron chi connectivity index (χ1n) is 5.01. The van der Waals surface area contributed by atoms with Crippen molar-refractivity contribution in [3.05, 3.63) is 41.3 Å². The molecular weight excluding hydrogens is 254 g/mol. The van der Waals surface area contributed by atoms with Crippen molar-refractivity contribution in [3.8, 4) is 0 Å². The Hall–Kier alpha value is -2.34. The molecule has 1 amide bonds. The Morgan fingerprint density at radius 3 is 2.72 bits per heavy atom. The van der Waals surface area contributed by atoms with Crippen molar-refractivity contribution >= 4 is 34.7 Å². The zero-order valence-corrected chi connectivity index (χ0v) is 9.98. The fourth-order valence-electron chi connectivity index (χ4n) is 1.38. The Morgan fingerprint density at radius 2 is 2.06 bits per heavy atom. The number of hydrogen-bond acceptors (Lipinski definition) is 5. The summed E-state index contributed by atoms with van der Waals surface area (Å²) in [5.41, 5.74) is 12.4. The molecule has 5 N–H and O–H groups in total. The van der Waals surface area contributed by atoms with Crippen LogP contribution in [-0.2, 0) is 0 Å². The number of aromatic nitrogens is 2. The highest BCUT2D eigenvalue weighted by Crippen LogP contribution is 2.17. The van der Waals surface area contributed by atoms with Crippen molar-refractivity contribution < 1.29 is 4.79 Å². The van der Waals surface area contributed by atoms with Crippen LogP contribution in [0.5, 0.6) is 0 Å². The number of nitrogens with two attached hydrogens (primary N) is 2. The SMILES string of the molecule is Nc1ccc(C(=O)Nc2ccnc(Cl)n2)c(N)c1. The number of benzene rings is 1. The van der Waals surface area contributed by atoms with Gasteiger partial charge >= 0.3 is 0 Å². The predicted octanol–water partition coefficient (Wildman–Crippen LogP) is 1.55. The van der Waals surface area contributed by atoms with Gasteiger partial charge in [-0.15, -0.1) is 0 Å². The Bertz CT molecular complexity index is 602. The minimum atomic E-state index is -0.387. The summed E-state index contributed by atoms with van der Waals surface area (Å²) >= 11 is 5.61. The number of amides is 1. The normalized spacial score (nSPS) is 10.1. The molecule has 0 saturated carbocycles. The largest absolute Gasteiger partial charge is 0.399 e. The van der Waals surface area contributed by atoms with Gasteiger partial charge in [-0.1, -0.05) is 0 Å². The van der Waals surface area contributed by atoms with E-state index in [1.807, 2.05) is 0 Å². The Balaban J connectivity index is 2.22. The van der Waals surface area contributed by atoms with E-state index in [-0.39, 0.29) is 11.2 Å². The standard InChI is InChI=1S/C11H10ClN5O/c12-11-15-4-3-9(17-11)16-10(18)7-2-1-6(13)5-8(7)14/h1-5H,13-14H2,(H,15,16,17,18). The van der Waals surface area contributed by atoms with E-state index in [0.717, 1.165) is 0 Å². The number of nitrogen functional groups attached to an aromatic ring is 2. The van der Waals surface area contributed by atoms with Crippen LogP contribution >= 0.6 is 11.6 Å². The van der Waals surface area contributed by atoms with Crippen molar-refractivity contribution in [2.45, 2.75) is 0 Å². The van der Waals surface area contributed by atoms with Gasteiger partial charge in [0, 0.05) is 17.6 Å². The molecule has 7 heteroatoms. The maximum Gasteiger partial charge on any atom is 0.258 e. The van der Waals surface area contributed by atoms with E-state index in [9.17, 15) is 4.79 Å². The summed E-state index contributed by atoms with van der Waals surface area (Å²) < 4.78 is 0. The van der Waals surface area contributed by atoms with Gasteiger partial charge < -0.3 is 16.8 Å². The molecular formula is C11H10ClN5O.